The quantitative estimate of drug-likeness (QED) is 0.836. The number of nitrogens with zero attached hydrogens (tertiary/aromatic N) is 2. The van der Waals surface area contributed by atoms with Gasteiger partial charge in [0.2, 0.25) is 5.91 Å². The zero-order valence-corrected chi connectivity index (χ0v) is 14.5. The number of likely N-dealkylation sites (tertiary alicyclic amines) is 2. The molecule has 0 unspecified atom stereocenters. The van der Waals surface area contributed by atoms with Crippen molar-refractivity contribution in [3.63, 3.8) is 0 Å². The minimum atomic E-state index is -0.251. The van der Waals surface area contributed by atoms with E-state index in [9.17, 15) is 4.79 Å². The molecule has 2 fully saturated rings. The number of methoxy groups -OCH3 is 1. The molecule has 1 spiro atoms. The molecule has 1 aromatic carbocycles. The highest BCUT2D eigenvalue weighted by atomic mass is 16.5. The summed E-state index contributed by atoms with van der Waals surface area (Å²) in [7, 11) is 1.69. The molecule has 4 nitrogen and oxygen atoms in total. The molecule has 2 aliphatic rings. The first-order valence-electron chi connectivity index (χ1n) is 8.66. The first-order chi connectivity index (χ1) is 11.1. The van der Waals surface area contributed by atoms with Crippen LogP contribution < -0.4 is 0 Å². The average Bonchev–Trinajstić information content (AvgIpc) is 3.10. The highest BCUT2D eigenvalue weighted by Gasteiger charge is 2.57. The van der Waals surface area contributed by atoms with E-state index in [1.165, 1.54) is 5.56 Å². The van der Waals surface area contributed by atoms with E-state index in [0.29, 0.717) is 31.0 Å². The zero-order valence-electron chi connectivity index (χ0n) is 14.5. The van der Waals surface area contributed by atoms with E-state index in [-0.39, 0.29) is 5.41 Å². The lowest BCUT2D eigenvalue weighted by molar-refractivity contribution is -0.136. The molecular weight excluding hydrogens is 288 g/mol. The Morgan fingerprint density at radius 3 is 2.70 bits per heavy atom. The van der Waals surface area contributed by atoms with Gasteiger partial charge in [0.1, 0.15) is 0 Å². The maximum absolute atomic E-state index is 13.2. The predicted octanol–water partition coefficient (Wildman–Crippen LogP) is 2.36. The van der Waals surface area contributed by atoms with Gasteiger partial charge in [0.05, 0.1) is 12.0 Å². The van der Waals surface area contributed by atoms with Crippen molar-refractivity contribution in [2.45, 2.75) is 32.2 Å². The van der Waals surface area contributed by atoms with Crippen LogP contribution in [0.15, 0.2) is 30.3 Å². The zero-order chi connectivity index (χ0) is 16.4. The van der Waals surface area contributed by atoms with Crippen LogP contribution in [0.25, 0.3) is 0 Å². The van der Waals surface area contributed by atoms with Gasteiger partial charge < -0.3 is 9.64 Å². The van der Waals surface area contributed by atoms with Gasteiger partial charge in [-0.25, -0.2) is 0 Å². The second-order valence-electron chi connectivity index (χ2n) is 7.18. The second-order valence-corrected chi connectivity index (χ2v) is 7.18. The lowest BCUT2D eigenvalue weighted by Crippen LogP contribution is -2.41. The highest BCUT2D eigenvalue weighted by Crippen LogP contribution is 2.50. The summed E-state index contributed by atoms with van der Waals surface area (Å²) in [6, 6.07) is 11.1. The van der Waals surface area contributed by atoms with Crippen molar-refractivity contribution in [1.29, 1.82) is 0 Å². The second kappa shape index (κ2) is 6.62. The van der Waals surface area contributed by atoms with E-state index in [4.69, 9.17) is 4.74 Å². The number of rotatable bonds is 5. The molecule has 0 aromatic heterocycles. The Kier molecular flexibility index (Phi) is 4.74. The molecule has 4 heteroatoms. The third-order valence-corrected chi connectivity index (χ3v) is 5.61. The Hall–Kier alpha value is -1.39. The maximum atomic E-state index is 13.2. The molecule has 23 heavy (non-hydrogen) atoms. The van der Waals surface area contributed by atoms with Crippen molar-refractivity contribution in [2.24, 2.45) is 5.41 Å². The van der Waals surface area contributed by atoms with E-state index in [0.717, 1.165) is 26.1 Å². The van der Waals surface area contributed by atoms with Crippen LogP contribution in [-0.4, -0.2) is 61.6 Å². The van der Waals surface area contributed by atoms with Crippen LogP contribution in [0, 0.1) is 5.41 Å². The number of ether oxygens (including phenoxy) is 1. The first kappa shape index (κ1) is 16.5. The lowest BCUT2D eigenvalue weighted by Gasteiger charge is -2.29. The third kappa shape index (κ3) is 2.90. The van der Waals surface area contributed by atoms with Gasteiger partial charge in [-0.2, -0.15) is 0 Å². The smallest absolute Gasteiger partial charge is 0.230 e. The van der Waals surface area contributed by atoms with Crippen molar-refractivity contribution in [3.8, 4) is 0 Å². The van der Waals surface area contributed by atoms with E-state index < -0.39 is 0 Å². The topological polar surface area (TPSA) is 32.8 Å². The molecule has 3 rings (SSSR count). The summed E-state index contributed by atoms with van der Waals surface area (Å²) in [5.41, 5.74) is 1.05. The fourth-order valence-corrected chi connectivity index (χ4v) is 4.19. The molecule has 2 atom stereocenters. The fraction of sp³-hybridized carbons (Fsp3) is 0.632. The number of hydrogen-bond acceptors (Lipinski definition) is 3. The minimum Gasteiger partial charge on any atom is -0.383 e. The lowest BCUT2D eigenvalue weighted by atomic mass is 9.73. The van der Waals surface area contributed by atoms with Gasteiger partial charge in [0.25, 0.3) is 0 Å². The molecule has 2 saturated heterocycles. The van der Waals surface area contributed by atoms with Gasteiger partial charge in [0, 0.05) is 45.2 Å². The van der Waals surface area contributed by atoms with E-state index in [2.05, 4.69) is 43.0 Å². The van der Waals surface area contributed by atoms with Gasteiger partial charge in [-0.15, -0.1) is 0 Å². The van der Waals surface area contributed by atoms with Crippen LogP contribution in [0.4, 0.5) is 0 Å². The summed E-state index contributed by atoms with van der Waals surface area (Å²) < 4.78 is 5.17. The van der Waals surface area contributed by atoms with Crippen molar-refractivity contribution in [1.82, 2.24) is 9.80 Å². The summed E-state index contributed by atoms with van der Waals surface area (Å²) >= 11 is 0. The average molecular weight is 316 g/mol. The SMILES string of the molecule is COCCN1CC[C@@]2(CN(C(C)C)C[C@@H]2c2ccccc2)C1=O. The van der Waals surface area contributed by atoms with Crippen LogP contribution in [0.2, 0.25) is 0 Å². The molecule has 0 saturated carbocycles. The van der Waals surface area contributed by atoms with Crippen molar-refractivity contribution < 1.29 is 9.53 Å². The largest absolute Gasteiger partial charge is 0.383 e. The molecule has 2 aliphatic heterocycles. The Balaban J connectivity index is 1.89. The number of carbonyl (C=O) groups is 1. The van der Waals surface area contributed by atoms with Gasteiger partial charge in [-0.3, -0.25) is 9.69 Å². The fourth-order valence-electron chi connectivity index (χ4n) is 4.19. The van der Waals surface area contributed by atoms with Crippen LogP contribution >= 0.6 is 0 Å². The predicted molar refractivity (Wildman–Crippen MR) is 91.4 cm³/mol. The molecule has 1 amide bonds. The van der Waals surface area contributed by atoms with Gasteiger partial charge in [-0.05, 0) is 25.8 Å². The Bertz CT molecular complexity index is 546. The van der Waals surface area contributed by atoms with Crippen LogP contribution in [0.1, 0.15) is 31.7 Å². The summed E-state index contributed by atoms with van der Waals surface area (Å²) in [6.45, 7) is 8.49. The van der Waals surface area contributed by atoms with E-state index in [1.807, 2.05) is 11.0 Å². The van der Waals surface area contributed by atoms with Gasteiger partial charge >= 0.3 is 0 Å². The van der Waals surface area contributed by atoms with Crippen LogP contribution in [0.3, 0.4) is 0 Å². The van der Waals surface area contributed by atoms with E-state index in [1.54, 1.807) is 7.11 Å². The standard InChI is InChI=1S/C19H28N2O2/c1-15(2)21-13-17(16-7-5-4-6-8-16)19(14-21)9-10-20(18(19)22)11-12-23-3/h4-8,15,17H,9-14H2,1-3H3/t17-,19+/m1/s1. The van der Waals surface area contributed by atoms with Gasteiger partial charge in [0.15, 0.2) is 0 Å². The molecule has 0 bridgehead atoms. The normalized spacial score (nSPS) is 28.4. The highest BCUT2D eigenvalue weighted by molar-refractivity contribution is 5.87. The summed E-state index contributed by atoms with van der Waals surface area (Å²) in [5.74, 6) is 0.623. The van der Waals surface area contributed by atoms with Crippen molar-refractivity contribution in [3.05, 3.63) is 35.9 Å². The number of carbonyl (C=O) groups excluding carboxylic acids is 1. The molecule has 1 aromatic rings. The maximum Gasteiger partial charge on any atom is 0.230 e. The Morgan fingerprint density at radius 2 is 2.04 bits per heavy atom. The third-order valence-electron chi connectivity index (χ3n) is 5.61. The monoisotopic (exact) mass is 316 g/mol. The molecule has 2 heterocycles. The van der Waals surface area contributed by atoms with E-state index >= 15 is 0 Å². The van der Waals surface area contributed by atoms with Crippen molar-refractivity contribution in [2.75, 3.05) is 39.9 Å². The first-order valence-corrected chi connectivity index (χ1v) is 8.66. The Morgan fingerprint density at radius 1 is 1.30 bits per heavy atom. The number of amides is 1. The minimum absolute atomic E-state index is 0.251. The summed E-state index contributed by atoms with van der Waals surface area (Å²) in [6.07, 6.45) is 0.957. The van der Waals surface area contributed by atoms with Gasteiger partial charge in [-0.1, -0.05) is 30.3 Å². The number of hydrogen-bond donors (Lipinski definition) is 0. The summed E-state index contributed by atoms with van der Waals surface area (Å²) in [5, 5.41) is 0. The Labute approximate surface area is 139 Å². The van der Waals surface area contributed by atoms with Crippen LogP contribution in [-0.2, 0) is 9.53 Å². The molecule has 0 aliphatic carbocycles. The van der Waals surface area contributed by atoms with Crippen molar-refractivity contribution >= 4 is 5.91 Å². The molecule has 0 radical (unpaired) electrons. The summed E-state index contributed by atoms with van der Waals surface area (Å²) in [4.78, 5) is 17.7. The number of benzene rings is 1. The van der Waals surface area contributed by atoms with Crippen LogP contribution in [0.5, 0.6) is 0 Å². The molecule has 126 valence electrons. The molecule has 0 N–H and O–H groups in total. The molecular formula is C19H28N2O2.